The number of aliphatic imine (C=N–C) groups is 1. The van der Waals surface area contributed by atoms with Gasteiger partial charge in [0.15, 0.2) is 5.96 Å². The highest BCUT2D eigenvalue weighted by molar-refractivity contribution is 7.90. The number of aromatic nitrogens is 3. The minimum Gasteiger partial charge on any atom is -0.370 e. The van der Waals surface area contributed by atoms with Crippen LogP contribution in [0.25, 0.3) is 16.7 Å². The fourth-order valence-corrected chi connectivity index (χ4v) is 5.87. The van der Waals surface area contributed by atoms with E-state index in [0.29, 0.717) is 18.6 Å². The van der Waals surface area contributed by atoms with Gasteiger partial charge in [-0.15, -0.1) is 0 Å². The lowest BCUT2D eigenvalue weighted by molar-refractivity contribution is 0.574. The number of hydrogen-bond donors (Lipinski definition) is 5. The molecule has 8 N–H and O–H groups in total. The number of hydrogen-bond acceptors (Lipinski definition) is 7. The SMILES string of the molecule is CC(C)(C)c1cc(CCCCN)cc(CCS(C)(=O)=O)c1.CC(C)(C)c1cc2cn(-c3ccc(CNCCCN=C(N)N)cc3)c(=O)nc2[nH]1. The molecule has 0 radical (unpaired) electrons. The van der Waals surface area contributed by atoms with Crippen LogP contribution < -0.4 is 28.2 Å². The largest absolute Gasteiger partial charge is 0.370 e. The maximum atomic E-state index is 12.5. The van der Waals surface area contributed by atoms with Gasteiger partial charge in [-0.1, -0.05) is 71.9 Å². The average Bonchev–Trinajstić information content (AvgIpc) is 3.45. The number of nitrogens with two attached hydrogens (primary N) is 3. The zero-order valence-corrected chi connectivity index (χ0v) is 31.8. The van der Waals surface area contributed by atoms with Crippen LogP contribution in [-0.2, 0) is 40.1 Å². The minimum absolute atomic E-state index is 0.0352. The molecule has 12 heteroatoms. The van der Waals surface area contributed by atoms with E-state index in [4.69, 9.17) is 17.2 Å². The van der Waals surface area contributed by atoms with Gasteiger partial charge in [-0.3, -0.25) is 9.56 Å². The summed E-state index contributed by atoms with van der Waals surface area (Å²) in [5.41, 5.74) is 23.2. The van der Waals surface area contributed by atoms with Crippen LogP contribution >= 0.6 is 0 Å². The van der Waals surface area contributed by atoms with Crippen LogP contribution in [0.1, 0.15) is 88.8 Å². The Morgan fingerprint density at radius 2 is 1.56 bits per heavy atom. The Bertz CT molecular complexity index is 1880. The number of guanidine groups is 1. The summed E-state index contributed by atoms with van der Waals surface area (Å²) < 4.78 is 24.3. The van der Waals surface area contributed by atoms with Crippen molar-refractivity contribution in [1.82, 2.24) is 19.9 Å². The van der Waals surface area contributed by atoms with E-state index in [-0.39, 0.29) is 28.2 Å². The van der Waals surface area contributed by atoms with Gasteiger partial charge in [-0.2, -0.15) is 4.98 Å². The predicted octanol–water partition coefficient (Wildman–Crippen LogP) is 4.62. The first-order chi connectivity index (χ1) is 23.4. The molecule has 2 heterocycles. The van der Waals surface area contributed by atoms with E-state index in [2.05, 4.69) is 86.1 Å². The number of benzene rings is 2. The molecule has 0 aliphatic rings. The summed E-state index contributed by atoms with van der Waals surface area (Å²) in [5.74, 6) is 0.334. The number of unbranched alkanes of at least 4 members (excludes halogenated alkanes) is 1. The van der Waals surface area contributed by atoms with Gasteiger partial charge < -0.3 is 27.5 Å². The highest BCUT2D eigenvalue weighted by Crippen LogP contribution is 2.26. The normalized spacial score (nSPS) is 12.1. The summed E-state index contributed by atoms with van der Waals surface area (Å²) in [6, 6.07) is 16.5. The lowest BCUT2D eigenvalue weighted by Gasteiger charge is -2.21. The van der Waals surface area contributed by atoms with E-state index in [0.717, 1.165) is 73.2 Å². The summed E-state index contributed by atoms with van der Waals surface area (Å²) in [7, 11) is -2.92. The van der Waals surface area contributed by atoms with Gasteiger partial charge in [0, 0.05) is 42.0 Å². The first-order valence-electron chi connectivity index (χ1n) is 17.3. The third kappa shape index (κ3) is 13.4. The number of nitrogens with one attached hydrogen (secondary N) is 2. The molecule has 0 bridgehead atoms. The quantitative estimate of drug-likeness (QED) is 0.0714. The molecule has 0 spiro atoms. The van der Waals surface area contributed by atoms with Crippen molar-refractivity contribution in [2.45, 2.75) is 91.0 Å². The second kappa shape index (κ2) is 17.8. The van der Waals surface area contributed by atoms with Crippen LogP contribution in [0, 0.1) is 0 Å². The molecule has 4 aromatic rings. The molecule has 0 amide bonds. The summed E-state index contributed by atoms with van der Waals surface area (Å²) in [6.45, 7) is 15.8. The van der Waals surface area contributed by atoms with Crippen molar-refractivity contribution in [3.8, 4) is 5.69 Å². The van der Waals surface area contributed by atoms with Gasteiger partial charge in [0.25, 0.3) is 0 Å². The molecule has 0 fully saturated rings. The Balaban J connectivity index is 0.000000286. The van der Waals surface area contributed by atoms with Crippen molar-refractivity contribution >= 4 is 26.8 Å². The Morgan fingerprint density at radius 1 is 0.900 bits per heavy atom. The van der Waals surface area contributed by atoms with Crippen LogP contribution in [0.2, 0.25) is 0 Å². The smallest absolute Gasteiger partial charge is 0.354 e. The molecule has 0 saturated heterocycles. The number of aromatic amines is 1. The van der Waals surface area contributed by atoms with Gasteiger partial charge in [0.05, 0.1) is 11.4 Å². The van der Waals surface area contributed by atoms with Gasteiger partial charge in [0.2, 0.25) is 0 Å². The molecule has 0 atom stereocenters. The zero-order chi connectivity index (χ0) is 37.1. The molecule has 0 unspecified atom stereocenters. The maximum Gasteiger partial charge on any atom is 0.354 e. The average molecular weight is 707 g/mol. The number of H-pyrrole nitrogens is 1. The lowest BCUT2D eigenvalue weighted by Crippen LogP contribution is -2.23. The Hall–Kier alpha value is -4.00. The number of aryl methyl sites for hydroxylation is 2. The molecule has 0 aliphatic heterocycles. The van der Waals surface area contributed by atoms with Gasteiger partial charge >= 0.3 is 5.69 Å². The first kappa shape index (κ1) is 40.4. The van der Waals surface area contributed by atoms with E-state index < -0.39 is 9.84 Å². The van der Waals surface area contributed by atoms with Crippen molar-refractivity contribution in [1.29, 1.82) is 0 Å². The Kier molecular flexibility index (Phi) is 14.4. The Morgan fingerprint density at radius 3 is 2.14 bits per heavy atom. The van der Waals surface area contributed by atoms with Crippen LogP contribution in [0.5, 0.6) is 0 Å². The fourth-order valence-electron chi connectivity index (χ4n) is 5.26. The maximum absolute atomic E-state index is 12.5. The van der Waals surface area contributed by atoms with Gasteiger partial charge in [-0.25, -0.2) is 13.2 Å². The molecule has 2 aromatic carbocycles. The summed E-state index contributed by atoms with van der Waals surface area (Å²) in [5, 5.41) is 4.27. The summed E-state index contributed by atoms with van der Waals surface area (Å²) in [4.78, 5) is 23.9. The van der Waals surface area contributed by atoms with E-state index in [9.17, 15) is 13.2 Å². The molecule has 0 aliphatic carbocycles. The lowest BCUT2D eigenvalue weighted by atomic mass is 9.84. The zero-order valence-electron chi connectivity index (χ0n) is 31.0. The summed E-state index contributed by atoms with van der Waals surface area (Å²) in [6.07, 6.45) is 7.70. The Labute approximate surface area is 298 Å². The topological polar surface area (TPSA) is 187 Å². The number of sulfone groups is 1. The standard InChI is InChI=1S/C21H29N7O.C17H29NO2S/c1-21(2,3)17-11-15-13-28(20(29)27-18(15)26-17)16-7-5-14(6-8-16)12-24-9-4-10-25-19(22)23;1-17(2,3)16-12-14(7-5-6-9-18)11-15(13-16)8-10-21(4,19)20/h5-8,11,13,24H,4,9-10,12H2,1-3H3,(H4,22,23,25)(H,26,27,29);11-13H,5-10,18H2,1-4H3. The molecule has 274 valence electrons. The number of nitrogens with zero attached hydrogens (tertiary/aromatic N) is 3. The third-order valence-corrected chi connectivity index (χ3v) is 9.21. The van der Waals surface area contributed by atoms with E-state index in [1.54, 1.807) is 4.57 Å². The van der Waals surface area contributed by atoms with Gasteiger partial charge in [-0.05, 0) is 91.1 Å². The highest BCUT2D eigenvalue weighted by Gasteiger charge is 2.18. The van der Waals surface area contributed by atoms with Crippen molar-refractivity contribution in [3.63, 3.8) is 0 Å². The van der Waals surface area contributed by atoms with Crippen molar-refractivity contribution in [2.24, 2.45) is 22.2 Å². The minimum atomic E-state index is -2.92. The molecular weight excluding hydrogens is 649 g/mol. The van der Waals surface area contributed by atoms with Crippen LogP contribution in [0.15, 0.2) is 64.5 Å². The van der Waals surface area contributed by atoms with Crippen molar-refractivity contribution in [2.75, 3.05) is 31.6 Å². The highest BCUT2D eigenvalue weighted by atomic mass is 32.2. The van der Waals surface area contributed by atoms with E-state index in [1.165, 1.54) is 17.4 Å². The molecule has 2 aromatic heterocycles. The third-order valence-electron chi connectivity index (χ3n) is 8.27. The second-order valence-corrected chi connectivity index (χ2v) is 17.3. The molecular formula is C38H58N8O3S. The molecule has 0 saturated carbocycles. The monoisotopic (exact) mass is 706 g/mol. The number of rotatable bonds is 14. The van der Waals surface area contributed by atoms with Gasteiger partial charge in [0.1, 0.15) is 15.5 Å². The van der Waals surface area contributed by atoms with E-state index >= 15 is 0 Å². The van der Waals surface area contributed by atoms with Crippen LogP contribution in [0.4, 0.5) is 0 Å². The number of fused-ring (bicyclic) bond motifs is 1. The first-order valence-corrected chi connectivity index (χ1v) is 19.4. The van der Waals surface area contributed by atoms with Crippen molar-refractivity contribution < 1.29 is 8.42 Å². The molecule has 50 heavy (non-hydrogen) atoms. The van der Waals surface area contributed by atoms with Crippen molar-refractivity contribution in [3.05, 3.63) is 93.2 Å². The molecule has 4 rings (SSSR count). The fraction of sp³-hybridized carbons (Fsp3) is 0.500. The van der Waals surface area contributed by atoms with E-state index in [1.807, 2.05) is 30.5 Å². The van der Waals surface area contributed by atoms with Crippen LogP contribution in [-0.4, -0.2) is 60.6 Å². The molecule has 11 nitrogen and oxygen atoms in total. The van der Waals surface area contributed by atoms with Crippen LogP contribution in [0.3, 0.4) is 0 Å². The summed E-state index contributed by atoms with van der Waals surface area (Å²) >= 11 is 0. The second-order valence-electron chi connectivity index (χ2n) is 15.0. The predicted molar refractivity (Wildman–Crippen MR) is 208 cm³/mol.